The van der Waals surface area contributed by atoms with E-state index in [9.17, 15) is 5.26 Å². The average molecular weight is 397 g/mol. The number of nitriles is 1. The molecule has 0 saturated carbocycles. The van der Waals surface area contributed by atoms with Gasteiger partial charge >= 0.3 is 0 Å². The molecule has 0 saturated heterocycles. The predicted molar refractivity (Wildman–Crippen MR) is 112 cm³/mol. The Morgan fingerprint density at radius 2 is 2.04 bits per heavy atom. The van der Waals surface area contributed by atoms with E-state index in [1.165, 1.54) is 4.90 Å². The lowest BCUT2D eigenvalue weighted by molar-refractivity contribution is -0.0222. The van der Waals surface area contributed by atoms with Gasteiger partial charge in [0.15, 0.2) is 5.96 Å². The summed E-state index contributed by atoms with van der Waals surface area (Å²) >= 11 is 1.63. The molecular weight excluding hydrogens is 372 g/mol. The molecule has 1 heterocycles. The molecule has 0 fully saturated rings. The lowest BCUT2D eigenvalue weighted by Crippen LogP contribution is -2.36. The molecule has 2 unspecified atom stereocenters. The molecule has 2 atom stereocenters. The minimum Gasteiger partial charge on any atom is -0.378 e. The summed E-state index contributed by atoms with van der Waals surface area (Å²) in [6.45, 7) is 2.70. The van der Waals surface area contributed by atoms with Gasteiger partial charge in [0.2, 0.25) is 0 Å². The van der Waals surface area contributed by atoms with Crippen LogP contribution in [-0.2, 0) is 9.47 Å². The molecule has 3 N–H and O–H groups in total. The molecule has 28 heavy (non-hydrogen) atoms. The van der Waals surface area contributed by atoms with Gasteiger partial charge in [-0.05, 0) is 40.8 Å². The third kappa shape index (κ3) is 5.34. The van der Waals surface area contributed by atoms with Gasteiger partial charge in [-0.3, -0.25) is 5.41 Å². The molecule has 0 aliphatic rings. The number of nitrogens with one attached hydrogen (secondary N) is 1. The highest BCUT2D eigenvalue weighted by atomic mass is 32.1. The number of nitrogens with zero attached hydrogens (tertiary/aromatic N) is 2. The SMILES string of the molecule is C#Cc1cc(C#N)cc(-c2csc(C(C)C(COCN(C)C(=N)N)OC)c2)c1. The summed E-state index contributed by atoms with van der Waals surface area (Å²) in [4.78, 5) is 2.65. The lowest BCUT2D eigenvalue weighted by atomic mass is 9.99. The second-order valence-electron chi connectivity index (χ2n) is 6.44. The Balaban J connectivity index is 2.12. The molecule has 6 nitrogen and oxygen atoms in total. The summed E-state index contributed by atoms with van der Waals surface area (Å²) in [6, 6.07) is 9.70. The van der Waals surface area contributed by atoms with E-state index in [-0.39, 0.29) is 24.7 Å². The van der Waals surface area contributed by atoms with Gasteiger partial charge in [-0.15, -0.1) is 17.8 Å². The van der Waals surface area contributed by atoms with Gasteiger partial charge in [-0.1, -0.05) is 12.8 Å². The van der Waals surface area contributed by atoms with Crippen molar-refractivity contribution in [1.82, 2.24) is 4.90 Å². The van der Waals surface area contributed by atoms with E-state index < -0.39 is 0 Å². The van der Waals surface area contributed by atoms with Crippen LogP contribution < -0.4 is 5.73 Å². The monoisotopic (exact) mass is 396 g/mol. The molecule has 2 rings (SSSR count). The second kappa shape index (κ2) is 9.91. The highest BCUT2D eigenvalue weighted by Gasteiger charge is 2.21. The molecule has 146 valence electrons. The number of benzene rings is 1. The topological polar surface area (TPSA) is 95.4 Å². The number of nitrogens with two attached hydrogens (primary N) is 1. The van der Waals surface area contributed by atoms with Gasteiger partial charge in [0, 0.05) is 30.5 Å². The molecule has 0 radical (unpaired) electrons. The number of hydrogen-bond donors (Lipinski definition) is 2. The summed E-state index contributed by atoms with van der Waals surface area (Å²) in [6.07, 6.45) is 5.37. The molecular formula is C21H24N4O2S. The molecule has 0 aliphatic carbocycles. The minimum atomic E-state index is -0.140. The largest absolute Gasteiger partial charge is 0.378 e. The molecule has 0 amide bonds. The third-order valence-electron chi connectivity index (χ3n) is 4.47. The van der Waals surface area contributed by atoms with E-state index in [2.05, 4.69) is 30.4 Å². The molecule has 1 aromatic heterocycles. The quantitative estimate of drug-likeness (QED) is 0.309. The number of guanidine groups is 1. The highest BCUT2D eigenvalue weighted by molar-refractivity contribution is 7.10. The Hall–Kier alpha value is -2.84. The summed E-state index contributed by atoms with van der Waals surface area (Å²) in [7, 11) is 3.35. The van der Waals surface area contributed by atoms with E-state index in [1.54, 1.807) is 31.6 Å². The first-order valence-electron chi connectivity index (χ1n) is 8.65. The summed E-state index contributed by atoms with van der Waals surface area (Å²) in [5.41, 5.74) is 8.58. The first-order valence-corrected chi connectivity index (χ1v) is 9.53. The van der Waals surface area contributed by atoms with Crippen molar-refractivity contribution in [2.45, 2.75) is 18.9 Å². The predicted octanol–water partition coefficient (Wildman–Crippen LogP) is 3.19. The van der Waals surface area contributed by atoms with Crippen molar-refractivity contribution >= 4 is 17.3 Å². The van der Waals surface area contributed by atoms with Crippen LogP contribution in [0, 0.1) is 29.1 Å². The maximum absolute atomic E-state index is 9.21. The van der Waals surface area contributed by atoms with Crippen LogP contribution in [-0.4, -0.2) is 44.5 Å². The number of ether oxygens (including phenoxy) is 2. The summed E-state index contributed by atoms with van der Waals surface area (Å²) < 4.78 is 11.2. The Morgan fingerprint density at radius 3 is 2.64 bits per heavy atom. The van der Waals surface area contributed by atoms with Crippen molar-refractivity contribution in [2.75, 3.05) is 27.5 Å². The van der Waals surface area contributed by atoms with Crippen molar-refractivity contribution in [3.63, 3.8) is 0 Å². The molecule has 7 heteroatoms. The maximum atomic E-state index is 9.21. The van der Waals surface area contributed by atoms with Gasteiger partial charge in [-0.25, -0.2) is 0 Å². The number of hydrogen-bond acceptors (Lipinski definition) is 5. The van der Waals surface area contributed by atoms with Gasteiger partial charge in [0.1, 0.15) is 6.73 Å². The van der Waals surface area contributed by atoms with Crippen molar-refractivity contribution in [2.24, 2.45) is 5.73 Å². The highest BCUT2D eigenvalue weighted by Crippen LogP contribution is 2.33. The maximum Gasteiger partial charge on any atom is 0.189 e. The van der Waals surface area contributed by atoms with Crippen molar-refractivity contribution in [3.8, 4) is 29.5 Å². The fourth-order valence-corrected chi connectivity index (χ4v) is 3.69. The van der Waals surface area contributed by atoms with Crippen molar-refractivity contribution in [1.29, 1.82) is 10.7 Å². The number of terminal acetylenes is 1. The van der Waals surface area contributed by atoms with E-state index >= 15 is 0 Å². The fraction of sp³-hybridized carbons (Fsp3) is 0.333. The molecule has 0 bridgehead atoms. The summed E-state index contributed by atoms with van der Waals surface area (Å²) in [5, 5.41) is 18.6. The zero-order valence-electron chi connectivity index (χ0n) is 16.2. The van der Waals surface area contributed by atoms with Crippen LogP contribution in [0.1, 0.15) is 28.8 Å². The van der Waals surface area contributed by atoms with Crippen molar-refractivity contribution < 1.29 is 9.47 Å². The molecule has 0 aliphatic heterocycles. The van der Waals surface area contributed by atoms with Crippen LogP contribution in [0.4, 0.5) is 0 Å². The van der Waals surface area contributed by atoms with Gasteiger partial charge in [0.25, 0.3) is 0 Å². The van der Waals surface area contributed by atoms with Crippen LogP contribution >= 0.6 is 11.3 Å². The average Bonchev–Trinajstić information content (AvgIpc) is 3.20. The Bertz CT molecular complexity index is 878. The van der Waals surface area contributed by atoms with E-state index in [1.807, 2.05) is 12.1 Å². The fourth-order valence-electron chi connectivity index (χ4n) is 2.66. The number of rotatable bonds is 8. The lowest BCUT2D eigenvalue weighted by Gasteiger charge is -2.23. The number of methoxy groups -OCH3 is 1. The standard InChI is InChI=1S/C21H24N4O2S/c1-5-15-6-16(10-22)8-17(7-15)18-9-20(28-12-18)14(2)19(26-4)11-27-13-25(3)21(23)24/h1,6-9,12,14,19H,11,13H2,2-4H3,(H3,23,24). The molecule has 2 aromatic rings. The Kier molecular flexibility index (Phi) is 7.60. The second-order valence-corrected chi connectivity index (χ2v) is 7.38. The minimum absolute atomic E-state index is 0.0455. The van der Waals surface area contributed by atoms with Crippen LogP contribution in [0.3, 0.4) is 0 Å². The van der Waals surface area contributed by atoms with Crippen LogP contribution in [0.5, 0.6) is 0 Å². The van der Waals surface area contributed by atoms with Gasteiger partial charge in [-0.2, -0.15) is 5.26 Å². The van der Waals surface area contributed by atoms with Gasteiger partial charge < -0.3 is 20.1 Å². The van der Waals surface area contributed by atoms with E-state index in [0.29, 0.717) is 17.7 Å². The number of thiophene rings is 1. The van der Waals surface area contributed by atoms with Crippen molar-refractivity contribution in [3.05, 3.63) is 45.6 Å². The summed E-state index contributed by atoms with van der Waals surface area (Å²) in [5.74, 6) is 2.66. The third-order valence-corrected chi connectivity index (χ3v) is 5.60. The normalized spacial score (nSPS) is 12.6. The van der Waals surface area contributed by atoms with Crippen LogP contribution in [0.2, 0.25) is 0 Å². The molecule has 0 spiro atoms. The molecule has 1 aromatic carbocycles. The zero-order chi connectivity index (χ0) is 20.7. The van der Waals surface area contributed by atoms with E-state index in [4.69, 9.17) is 27.0 Å². The van der Waals surface area contributed by atoms with Crippen LogP contribution in [0.25, 0.3) is 11.1 Å². The Morgan fingerprint density at radius 1 is 1.32 bits per heavy atom. The van der Waals surface area contributed by atoms with Crippen LogP contribution in [0.15, 0.2) is 29.6 Å². The zero-order valence-corrected chi connectivity index (χ0v) is 17.0. The Labute approximate surface area is 170 Å². The smallest absolute Gasteiger partial charge is 0.189 e. The first kappa shape index (κ1) is 21.5. The first-order chi connectivity index (χ1) is 13.4. The van der Waals surface area contributed by atoms with Gasteiger partial charge in [0.05, 0.1) is 24.3 Å². The van der Waals surface area contributed by atoms with E-state index in [0.717, 1.165) is 16.0 Å².